The molecule has 0 bridgehead atoms. The SMILES string of the molecule is CCN(/C=C(/C#N)C(=O)N1CCN(Cc2ccccc2)CC1)CCO. The normalized spacial score (nSPS) is 15.7. The highest BCUT2D eigenvalue weighted by molar-refractivity contribution is 5.97. The summed E-state index contributed by atoms with van der Waals surface area (Å²) in [7, 11) is 0. The molecule has 1 aromatic carbocycles. The zero-order chi connectivity index (χ0) is 18.1. The van der Waals surface area contributed by atoms with E-state index >= 15 is 0 Å². The fraction of sp³-hybridized carbons (Fsp3) is 0.474. The largest absolute Gasteiger partial charge is 0.395 e. The first-order valence-electron chi connectivity index (χ1n) is 8.70. The molecule has 1 aliphatic heterocycles. The molecule has 2 rings (SSSR count). The summed E-state index contributed by atoms with van der Waals surface area (Å²) in [6.45, 7) is 6.70. The fourth-order valence-corrected chi connectivity index (χ4v) is 2.88. The molecule has 0 saturated carbocycles. The average molecular weight is 342 g/mol. The van der Waals surface area contributed by atoms with Gasteiger partial charge in [-0.2, -0.15) is 5.26 Å². The molecule has 0 atom stereocenters. The van der Waals surface area contributed by atoms with Gasteiger partial charge in [-0.15, -0.1) is 0 Å². The van der Waals surface area contributed by atoms with Crippen molar-refractivity contribution in [2.24, 2.45) is 0 Å². The molecular weight excluding hydrogens is 316 g/mol. The molecule has 134 valence electrons. The van der Waals surface area contributed by atoms with Crippen LogP contribution < -0.4 is 0 Å². The molecule has 1 heterocycles. The number of benzene rings is 1. The molecule has 0 aliphatic carbocycles. The van der Waals surface area contributed by atoms with Crippen LogP contribution in [0.4, 0.5) is 0 Å². The van der Waals surface area contributed by atoms with Crippen molar-refractivity contribution in [1.82, 2.24) is 14.7 Å². The lowest BCUT2D eigenvalue weighted by atomic mass is 10.2. The number of piperazine rings is 1. The quantitative estimate of drug-likeness (QED) is 0.592. The summed E-state index contributed by atoms with van der Waals surface area (Å²) < 4.78 is 0. The number of amides is 1. The van der Waals surface area contributed by atoms with Gasteiger partial charge in [0.05, 0.1) is 6.61 Å². The summed E-state index contributed by atoms with van der Waals surface area (Å²) in [6.07, 6.45) is 1.56. The molecule has 0 unspecified atom stereocenters. The van der Waals surface area contributed by atoms with Crippen LogP contribution in [0.3, 0.4) is 0 Å². The number of aliphatic hydroxyl groups is 1. The lowest BCUT2D eigenvalue weighted by molar-refractivity contribution is -0.128. The van der Waals surface area contributed by atoms with E-state index < -0.39 is 0 Å². The molecule has 6 nitrogen and oxygen atoms in total. The maximum Gasteiger partial charge on any atom is 0.266 e. The Hall–Kier alpha value is -2.36. The molecule has 1 aromatic rings. The van der Waals surface area contributed by atoms with Gasteiger partial charge in [0, 0.05) is 52.0 Å². The van der Waals surface area contributed by atoms with Gasteiger partial charge >= 0.3 is 0 Å². The second-order valence-electron chi connectivity index (χ2n) is 6.06. The number of rotatable bonds is 7. The van der Waals surface area contributed by atoms with Crippen LogP contribution in [-0.4, -0.2) is 71.6 Å². The lowest BCUT2D eigenvalue weighted by Gasteiger charge is -2.34. The smallest absolute Gasteiger partial charge is 0.266 e. The molecule has 6 heteroatoms. The van der Waals surface area contributed by atoms with Crippen molar-refractivity contribution in [2.75, 3.05) is 45.9 Å². The Kier molecular flexibility index (Phi) is 7.45. The molecule has 1 saturated heterocycles. The average Bonchev–Trinajstić information content (AvgIpc) is 2.66. The summed E-state index contributed by atoms with van der Waals surface area (Å²) in [5, 5.41) is 18.4. The third kappa shape index (κ3) is 5.59. The van der Waals surface area contributed by atoms with Crippen LogP contribution in [0, 0.1) is 11.3 Å². The summed E-state index contributed by atoms with van der Waals surface area (Å²) in [6, 6.07) is 12.3. The van der Waals surface area contributed by atoms with Crippen LogP contribution >= 0.6 is 0 Å². The minimum Gasteiger partial charge on any atom is -0.395 e. The third-order valence-corrected chi connectivity index (χ3v) is 4.36. The van der Waals surface area contributed by atoms with E-state index in [1.54, 1.807) is 16.0 Å². The monoisotopic (exact) mass is 342 g/mol. The first kappa shape index (κ1) is 19.0. The van der Waals surface area contributed by atoms with Crippen molar-refractivity contribution in [3.05, 3.63) is 47.7 Å². The van der Waals surface area contributed by atoms with Crippen molar-refractivity contribution in [1.29, 1.82) is 5.26 Å². The predicted octanol–water partition coefficient (Wildman–Crippen LogP) is 1.05. The van der Waals surface area contributed by atoms with Gasteiger partial charge in [-0.25, -0.2) is 0 Å². The molecule has 1 N–H and O–H groups in total. The van der Waals surface area contributed by atoms with E-state index in [1.807, 2.05) is 31.2 Å². The highest BCUT2D eigenvalue weighted by Gasteiger charge is 2.24. The lowest BCUT2D eigenvalue weighted by Crippen LogP contribution is -2.48. The van der Waals surface area contributed by atoms with E-state index in [-0.39, 0.29) is 18.1 Å². The van der Waals surface area contributed by atoms with Crippen molar-refractivity contribution in [3.63, 3.8) is 0 Å². The Morgan fingerprint density at radius 2 is 1.96 bits per heavy atom. The van der Waals surface area contributed by atoms with Gasteiger partial charge in [0.2, 0.25) is 0 Å². The molecule has 1 aliphatic rings. The van der Waals surface area contributed by atoms with Gasteiger partial charge in [-0.05, 0) is 12.5 Å². The molecule has 25 heavy (non-hydrogen) atoms. The first-order valence-corrected chi connectivity index (χ1v) is 8.70. The fourth-order valence-electron chi connectivity index (χ4n) is 2.88. The molecular formula is C19H26N4O2. The van der Waals surface area contributed by atoms with E-state index in [2.05, 4.69) is 17.0 Å². The summed E-state index contributed by atoms with van der Waals surface area (Å²) in [5.41, 5.74) is 1.40. The minimum absolute atomic E-state index is 0.00456. The number of carbonyl (C=O) groups is 1. The number of aliphatic hydroxyl groups excluding tert-OH is 1. The summed E-state index contributed by atoms with van der Waals surface area (Å²) in [5.74, 6) is -0.224. The van der Waals surface area contributed by atoms with Crippen molar-refractivity contribution >= 4 is 5.91 Å². The Balaban J connectivity index is 1.91. The highest BCUT2D eigenvalue weighted by atomic mass is 16.3. The second-order valence-corrected chi connectivity index (χ2v) is 6.06. The van der Waals surface area contributed by atoms with Crippen molar-refractivity contribution < 1.29 is 9.90 Å². The topological polar surface area (TPSA) is 70.8 Å². The van der Waals surface area contributed by atoms with Gasteiger partial charge in [-0.3, -0.25) is 9.69 Å². The number of hydrogen-bond acceptors (Lipinski definition) is 5. The second kappa shape index (κ2) is 9.82. The van der Waals surface area contributed by atoms with E-state index in [9.17, 15) is 10.1 Å². The Bertz CT molecular complexity index is 616. The maximum absolute atomic E-state index is 12.6. The van der Waals surface area contributed by atoms with E-state index in [4.69, 9.17) is 5.11 Å². The van der Waals surface area contributed by atoms with Crippen LogP contribution in [0.1, 0.15) is 12.5 Å². The molecule has 0 aromatic heterocycles. The van der Waals surface area contributed by atoms with Gasteiger partial charge < -0.3 is 14.9 Å². The highest BCUT2D eigenvalue weighted by Crippen LogP contribution is 2.11. The number of hydrogen-bond donors (Lipinski definition) is 1. The molecule has 1 fully saturated rings. The minimum atomic E-state index is -0.224. The van der Waals surface area contributed by atoms with Crippen LogP contribution in [0.2, 0.25) is 0 Å². The number of nitriles is 1. The number of nitrogens with zero attached hydrogens (tertiary/aromatic N) is 4. The Morgan fingerprint density at radius 3 is 2.52 bits per heavy atom. The predicted molar refractivity (Wildman–Crippen MR) is 96.3 cm³/mol. The summed E-state index contributed by atoms with van der Waals surface area (Å²) >= 11 is 0. The van der Waals surface area contributed by atoms with Crippen molar-refractivity contribution in [3.8, 4) is 6.07 Å². The van der Waals surface area contributed by atoms with Gasteiger partial charge in [0.25, 0.3) is 5.91 Å². The Labute approximate surface area is 149 Å². The number of likely N-dealkylation sites (N-methyl/N-ethyl adjacent to an activating group) is 1. The molecule has 0 radical (unpaired) electrons. The Morgan fingerprint density at radius 1 is 1.28 bits per heavy atom. The van der Waals surface area contributed by atoms with Crippen molar-refractivity contribution in [2.45, 2.75) is 13.5 Å². The van der Waals surface area contributed by atoms with E-state index in [0.717, 1.165) is 19.6 Å². The zero-order valence-corrected chi connectivity index (χ0v) is 14.8. The van der Waals surface area contributed by atoms with Crippen LogP contribution in [0.25, 0.3) is 0 Å². The van der Waals surface area contributed by atoms with Gasteiger partial charge in [-0.1, -0.05) is 30.3 Å². The van der Waals surface area contributed by atoms with Crippen LogP contribution in [0.15, 0.2) is 42.1 Å². The van der Waals surface area contributed by atoms with Crippen LogP contribution in [-0.2, 0) is 11.3 Å². The zero-order valence-electron chi connectivity index (χ0n) is 14.8. The number of carbonyl (C=O) groups excluding carboxylic acids is 1. The van der Waals surface area contributed by atoms with Crippen LogP contribution in [0.5, 0.6) is 0 Å². The third-order valence-electron chi connectivity index (χ3n) is 4.36. The standard InChI is InChI=1S/C19H26N4O2/c1-2-21(12-13-24)16-18(14-20)19(25)23-10-8-22(9-11-23)15-17-6-4-3-5-7-17/h3-7,16,24H,2,8-13,15H2,1H3/b18-16-. The van der Waals surface area contributed by atoms with E-state index in [1.165, 1.54) is 5.56 Å². The van der Waals surface area contributed by atoms with Gasteiger partial charge in [0.15, 0.2) is 0 Å². The maximum atomic E-state index is 12.6. The summed E-state index contributed by atoms with van der Waals surface area (Å²) in [4.78, 5) is 18.4. The van der Waals surface area contributed by atoms with Gasteiger partial charge in [0.1, 0.15) is 11.6 Å². The van der Waals surface area contributed by atoms with E-state index in [0.29, 0.717) is 26.2 Å². The first-order chi connectivity index (χ1) is 12.2. The molecule has 1 amide bonds. The molecule has 0 spiro atoms.